The Hall–Kier alpha value is -3.54. The molecule has 6 heteroatoms. The van der Waals surface area contributed by atoms with Crippen molar-refractivity contribution in [3.05, 3.63) is 95.6 Å². The molecule has 0 aliphatic rings. The SMILES string of the molecule is COC(=O)[C@H](Cc1ccc(-c2ccccc2)cc1)NC(=O)c1ccc(F)c(F)c1. The van der Waals surface area contributed by atoms with Crippen LogP contribution in [0.5, 0.6) is 0 Å². The molecule has 0 saturated heterocycles. The quantitative estimate of drug-likeness (QED) is 0.638. The van der Waals surface area contributed by atoms with Crippen molar-refractivity contribution in [2.75, 3.05) is 7.11 Å². The van der Waals surface area contributed by atoms with Gasteiger partial charge in [0.15, 0.2) is 11.6 Å². The molecule has 0 spiro atoms. The van der Waals surface area contributed by atoms with Gasteiger partial charge in [0.2, 0.25) is 0 Å². The van der Waals surface area contributed by atoms with Crippen LogP contribution in [-0.2, 0) is 16.0 Å². The highest BCUT2D eigenvalue weighted by atomic mass is 19.2. The molecule has 1 N–H and O–H groups in total. The van der Waals surface area contributed by atoms with Gasteiger partial charge in [0.1, 0.15) is 6.04 Å². The topological polar surface area (TPSA) is 55.4 Å². The van der Waals surface area contributed by atoms with Crippen LogP contribution in [0.3, 0.4) is 0 Å². The molecular weight excluding hydrogens is 376 g/mol. The van der Waals surface area contributed by atoms with E-state index in [9.17, 15) is 18.4 Å². The zero-order valence-corrected chi connectivity index (χ0v) is 15.7. The first-order chi connectivity index (χ1) is 14.0. The fraction of sp³-hybridized carbons (Fsp3) is 0.130. The van der Waals surface area contributed by atoms with Crippen molar-refractivity contribution in [3.8, 4) is 11.1 Å². The van der Waals surface area contributed by atoms with E-state index in [0.717, 1.165) is 34.9 Å². The smallest absolute Gasteiger partial charge is 0.328 e. The molecule has 0 saturated carbocycles. The van der Waals surface area contributed by atoms with Crippen LogP contribution in [0.25, 0.3) is 11.1 Å². The summed E-state index contributed by atoms with van der Waals surface area (Å²) in [6, 6.07) is 19.2. The summed E-state index contributed by atoms with van der Waals surface area (Å²) < 4.78 is 31.2. The lowest BCUT2D eigenvalue weighted by atomic mass is 10.0. The monoisotopic (exact) mass is 395 g/mol. The average Bonchev–Trinajstić information content (AvgIpc) is 2.75. The Morgan fingerprint density at radius 3 is 2.17 bits per heavy atom. The Morgan fingerprint density at radius 2 is 1.55 bits per heavy atom. The normalized spacial score (nSPS) is 11.6. The number of amides is 1. The number of benzene rings is 3. The van der Waals surface area contributed by atoms with Gasteiger partial charge in [-0.15, -0.1) is 0 Å². The van der Waals surface area contributed by atoms with E-state index < -0.39 is 29.6 Å². The van der Waals surface area contributed by atoms with Crippen LogP contribution >= 0.6 is 0 Å². The van der Waals surface area contributed by atoms with Crippen molar-refractivity contribution in [3.63, 3.8) is 0 Å². The minimum Gasteiger partial charge on any atom is -0.467 e. The van der Waals surface area contributed by atoms with Gasteiger partial charge in [0.25, 0.3) is 5.91 Å². The maximum atomic E-state index is 13.4. The lowest BCUT2D eigenvalue weighted by Crippen LogP contribution is -2.43. The van der Waals surface area contributed by atoms with Crippen LogP contribution in [0, 0.1) is 11.6 Å². The summed E-state index contributed by atoms with van der Waals surface area (Å²) in [6.45, 7) is 0. The summed E-state index contributed by atoms with van der Waals surface area (Å²) in [5.74, 6) is -3.51. The standard InChI is InChI=1S/C23H19F2NO3/c1-29-23(28)21(26-22(27)18-11-12-19(24)20(25)14-18)13-15-7-9-17(10-8-15)16-5-3-2-4-6-16/h2-12,14,21H,13H2,1H3,(H,26,27)/t21-/m0/s1. The Balaban J connectivity index is 1.74. The molecule has 4 nitrogen and oxygen atoms in total. The van der Waals surface area contributed by atoms with Crippen LogP contribution in [0.1, 0.15) is 15.9 Å². The first kappa shape index (κ1) is 20.2. The molecule has 0 bridgehead atoms. The lowest BCUT2D eigenvalue weighted by Gasteiger charge is -2.17. The van der Waals surface area contributed by atoms with E-state index in [0.29, 0.717) is 0 Å². The molecule has 0 radical (unpaired) electrons. The molecule has 0 aliphatic heterocycles. The van der Waals surface area contributed by atoms with Crippen LogP contribution in [0.15, 0.2) is 72.8 Å². The average molecular weight is 395 g/mol. The predicted molar refractivity (Wildman–Crippen MR) is 105 cm³/mol. The summed E-state index contributed by atoms with van der Waals surface area (Å²) in [7, 11) is 1.22. The molecule has 3 aromatic carbocycles. The third kappa shape index (κ3) is 5.04. The molecule has 148 valence electrons. The molecule has 29 heavy (non-hydrogen) atoms. The Labute approximate surface area is 167 Å². The van der Waals surface area contributed by atoms with E-state index in [4.69, 9.17) is 4.74 Å². The van der Waals surface area contributed by atoms with Crippen LogP contribution in [-0.4, -0.2) is 25.0 Å². The number of carbonyl (C=O) groups is 2. The molecule has 0 fully saturated rings. The predicted octanol–water partition coefficient (Wildman–Crippen LogP) is 4.15. The third-order valence-corrected chi connectivity index (χ3v) is 4.47. The molecule has 1 amide bonds. The number of nitrogens with one attached hydrogen (secondary N) is 1. The van der Waals surface area contributed by atoms with Crippen LogP contribution in [0.4, 0.5) is 8.78 Å². The highest BCUT2D eigenvalue weighted by Gasteiger charge is 2.23. The first-order valence-electron chi connectivity index (χ1n) is 8.96. The second-order valence-electron chi connectivity index (χ2n) is 6.45. The van der Waals surface area contributed by atoms with Gasteiger partial charge in [-0.25, -0.2) is 13.6 Å². The first-order valence-corrected chi connectivity index (χ1v) is 8.96. The van der Waals surface area contributed by atoms with E-state index >= 15 is 0 Å². The van der Waals surface area contributed by atoms with Gasteiger partial charge in [0.05, 0.1) is 7.11 Å². The summed E-state index contributed by atoms with van der Waals surface area (Å²) in [4.78, 5) is 24.5. The number of methoxy groups -OCH3 is 1. The summed E-state index contributed by atoms with van der Waals surface area (Å²) in [5, 5.41) is 2.52. The fourth-order valence-corrected chi connectivity index (χ4v) is 2.91. The molecule has 0 aliphatic carbocycles. The largest absolute Gasteiger partial charge is 0.467 e. The minimum atomic E-state index is -1.14. The Bertz CT molecular complexity index is 1000. The lowest BCUT2D eigenvalue weighted by molar-refractivity contribution is -0.142. The number of halogens is 2. The maximum absolute atomic E-state index is 13.4. The third-order valence-electron chi connectivity index (χ3n) is 4.47. The minimum absolute atomic E-state index is 0.0859. The Morgan fingerprint density at radius 1 is 0.897 bits per heavy atom. The van der Waals surface area contributed by atoms with Gasteiger partial charge < -0.3 is 10.1 Å². The van der Waals surface area contributed by atoms with Crippen LogP contribution in [0.2, 0.25) is 0 Å². The van der Waals surface area contributed by atoms with Gasteiger partial charge >= 0.3 is 5.97 Å². The number of rotatable bonds is 6. The van der Waals surface area contributed by atoms with Gasteiger partial charge in [-0.1, -0.05) is 54.6 Å². The molecule has 0 aromatic heterocycles. The number of hydrogen-bond acceptors (Lipinski definition) is 3. The van der Waals surface area contributed by atoms with Gasteiger partial charge in [-0.05, 0) is 34.9 Å². The summed E-state index contributed by atoms with van der Waals surface area (Å²) >= 11 is 0. The van der Waals surface area contributed by atoms with Crippen molar-refractivity contribution in [1.82, 2.24) is 5.32 Å². The maximum Gasteiger partial charge on any atom is 0.328 e. The molecule has 0 unspecified atom stereocenters. The Kier molecular flexibility index (Phi) is 6.34. The van der Waals surface area contributed by atoms with Gasteiger partial charge in [-0.3, -0.25) is 4.79 Å². The number of carbonyl (C=O) groups excluding carboxylic acids is 2. The highest BCUT2D eigenvalue weighted by Crippen LogP contribution is 2.20. The van der Waals surface area contributed by atoms with Crippen molar-refractivity contribution >= 4 is 11.9 Å². The van der Waals surface area contributed by atoms with Gasteiger partial charge in [-0.2, -0.15) is 0 Å². The second kappa shape index (κ2) is 9.10. The van der Waals surface area contributed by atoms with Crippen LogP contribution < -0.4 is 5.32 Å². The molecule has 3 rings (SSSR count). The zero-order chi connectivity index (χ0) is 20.8. The zero-order valence-electron chi connectivity index (χ0n) is 15.7. The van der Waals surface area contributed by atoms with E-state index in [1.54, 1.807) is 0 Å². The molecule has 3 aromatic rings. The molecular formula is C23H19F2NO3. The molecule has 0 heterocycles. The summed E-state index contributed by atoms with van der Waals surface area (Å²) in [5.41, 5.74) is 2.81. The van der Waals surface area contributed by atoms with Crippen molar-refractivity contribution in [2.45, 2.75) is 12.5 Å². The number of ether oxygens (including phenoxy) is 1. The van der Waals surface area contributed by atoms with Crippen molar-refractivity contribution in [2.24, 2.45) is 0 Å². The number of hydrogen-bond donors (Lipinski definition) is 1. The van der Waals surface area contributed by atoms with E-state index in [1.807, 2.05) is 54.6 Å². The van der Waals surface area contributed by atoms with Crippen molar-refractivity contribution < 1.29 is 23.1 Å². The highest BCUT2D eigenvalue weighted by molar-refractivity contribution is 5.96. The molecule has 1 atom stereocenters. The van der Waals surface area contributed by atoms with Crippen molar-refractivity contribution in [1.29, 1.82) is 0 Å². The second-order valence-corrected chi connectivity index (χ2v) is 6.45. The summed E-state index contributed by atoms with van der Waals surface area (Å²) in [6.07, 6.45) is 0.192. The van der Waals surface area contributed by atoms with E-state index in [2.05, 4.69) is 5.32 Å². The fourth-order valence-electron chi connectivity index (χ4n) is 2.91. The number of esters is 1. The van der Waals surface area contributed by atoms with Gasteiger partial charge in [0, 0.05) is 12.0 Å². The van der Waals surface area contributed by atoms with E-state index in [1.165, 1.54) is 7.11 Å². The van der Waals surface area contributed by atoms with E-state index in [-0.39, 0.29) is 12.0 Å².